The third-order valence-corrected chi connectivity index (χ3v) is 9.86. The lowest BCUT2D eigenvalue weighted by Crippen LogP contribution is -2.63. The van der Waals surface area contributed by atoms with Gasteiger partial charge in [0.15, 0.2) is 8.32 Å². The summed E-state index contributed by atoms with van der Waals surface area (Å²) in [5.74, 6) is 0.0956. The standard InChI is InChI=1S/C21H40N2O5Si/c1-11-25-16-14-22-18(26-12-2)21(23-16,19(24)27-13-3)17(15(4)5)28-29(9,10)20(6,7)8/h15,17H,11-14H2,1-10H3/t17-,21-/m1/s1. The summed E-state index contributed by atoms with van der Waals surface area (Å²) in [5, 5.41) is -0.0416. The first-order chi connectivity index (χ1) is 13.4. The van der Waals surface area contributed by atoms with E-state index < -0.39 is 25.9 Å². The molecule has 0 bridgehead atoms. The Morgan fingerprint density at radius 1 is 1.10 bits per heavy atom. The molecule has 1 aliphatic rings. The number of hydrogen-bond donors (Lipinski definition) is 0. The highest BCUT2D eigenvalue weighted by atomic mass is 28.4. The van der Waals surface area contributed by atoms with E-state index in [1.165, 1.54) is 0 Å². The topological polar surface area (TPSA) is 78.7 Å². The molecule has 0 radical (unpaired) electrons. The van der Waals surface area contributed by atoms with Crippen molar-refractivity contribution in [1.82, 2.24) is 0 Å². The summed E-state index contributed by atoms with van der Waals surface area (Å²) < 4.78 is 23.8. The zero-order chi connectivity index (χ0) is 22.5. The molecule has 0 aromatic rings. The maximum atomic E-state index is 13.4. The van der Waals surface area contributed by atoms with Gasteiger partial charge in [0.1, 0.15) is 6.54 Å². The Morgan fingerprint density at radius 3 is 2.14 bits per heavy atom. The molecule has 0 aromatic heterocycles. The first-order valence-corrected chi connectivity index (χ1v) is 13.5. The monoisotopic (exact) mass is 428 g/mol. The molecule has 0 aliphatic carbocycles. The van der Waals surface area contributed by atoms with Crippen LogP contribution < -0.4 is 0 Å². The van der Waals surface area contributed by atoms with Crippen molar-refractivity contribution in [3.05, 3.63) is 0 Å². The van der Waals surface area contributed by atoms with Crippen molar-refractivity contribution < 1.29 is 23.4 Å². The van der Waals surface area contributed by atoms with Gasteiger partial charge in [0.05, 0.1) is 25.9 Å². The number of aliphatic imine (C=N–C) groups is 2. The van der Waals surface area contributed by atoms with Crippen LogP contribution in [0.5, 0.6) is 0 Å². The van der Waals surface area contributed by atoms with Crippen LogP contribution in [0, 0.1) is 5.92 Å². The second kappa shape index (κ2) is 10.1. The van der Waals surface area contributed by atoms with E-state index in [4.69, 9.17) is 23.6 Å². The van der Waals surface area contributed by atoms with Crippen LogP contribution in [-0.4, -0.2) is 64.1 Å². The van der Waals surface area contributed by atoms with Gasteiger partial charge in [0, 0.05) is 0 Å². The highest BCUT2D eigenvalue weighted by Crippen LogP contribution is 2.41. The lowest BCUT2D eigenvalue weighted by Gasteiger charge is -2.46. The summed E-state index contributed by atoms with van der Waals surface area (Å²) in [4.78, 5) is 22.7. The van der Waals surface area contributed by atoms with E-state index in [9.17, 15) is 4.79 Å². The van der Waals surface area contributed by atoms with E-state index in [0.29, 0.717) is 19.1 Å². The molecule has 0 unspecified atom stereocenters. The van der Waals surface area contributed by atoms with Crippen molar-refractivity contribution in [3.8, 4) is 0 Å². The van der Waals surface area contributed by atoms with Crippen LogP contribution >= 0.6 is 0 Å². The van der Waals surface area contributed by atoms with Gasteiger partial charge in [-0.3, -0.25) is 0 Å². The van der Waals surface area contributed by atoms with Gasteiger partial charge in [-0.1, -0.05) is 34.6 Å². The number of esters is 1. The molecule has 1 aliphatic heterocycles. The molecule has 168 valence electrons. The molecule has 7 nitrogen and oxygen atoms in total. The van der Waals surface area contributed by atoms with E-state index in [-0.39, 0.29) is 30.0 Å². The normalized spacial score (nSPS) is 21.3. The van der Waals surface area contributed by atoms with E-state index in [2.05, 4.69) is 38.9 Å². The minimum absolute atomic E-state index is 0.0380. The van der Waals surface area contributed by atoms with Gasteiger partial charge < -0.3 is 18.6 Å². The number of carbonyl (C=O) groups is 1. The first kappa shape index (κ1) is 25.6. The van der Waals surface area contributed by atoms with Gasteiger partial charge in [-0.05, 0) is 44.8 Å². The van der Waals surface area contributed by atoms with Gasteiger partial charge in [-0.15, -0.1) is 0 Å². The zero-order valence-corrected chi connectivity index (χ0v) is 20.9. The van der Waals surface area contributed by atoms with Crippen LogP contribution in [0.15, 0.2) is 9.98 Å². The van der Waals surface area contributed by atoms with Crippen LogP contribution in [-0.2, 0) is 23.4 Å². The fourth-order valence-electron chi connectivity index (χ4n) is 2.95. The maximum absolute atomic E-state index is 13.4. The fraction of sp³-hybridized carbons (Fsp3) is 0.857. The van der Waals surface area contributed by atoms with E-state index in [1.54, 1.807) is 6.92 Å². The second-order valence-electron chi connectivity index (χ2n) is 9.02. The van der Waals surface area contributed by atoms with Crippen molar-refractivity contribution in [2.45, 2.75) is 85.2 Å². The molecule has 0 N–H and O–H groups in total. The van der Waals surface area contributed by atoms with Gasteiger partial charge in [-0.2, -0.15) is 0 Å². The van der Waals surface area contributed by atoms with Crippen molar-refractivity contribution in [2.24, 2.45) is 15.9 Å². The van der Waals surface area contributed by atoms with Gasteiger partial charge in [-0.25, -0.2) is 14.8 Å². The highest BCUT2D eigenvalue weighted by Gasteiger charge is 2.59. The largest absolute Gasteiger partial charge is 0.480 e. The molecule has 0 spiro atoms. The Morgan fingerprint density at radius 2 is 1.69 bits per heavy atom. The molecule has 0 aromatic carbocycles. The Balaban J connectivity index is 3.68. The predicted molar refractivity (Wildman–Crippen MR) is 119 cm³/mol. The smallest absolute Gasteiger partial charge is 0.346 e. The average Bonchev–Trinajstić information content (AvgIpc) is 2.60. The Bertz CT molecular complexity index is 625. The lowest BCUT2D eigenvalue weighted by atomic mass is 9.84. The second-order valence-corrected chi connectivity index (χ2v) is 13.8. The molecular weight excluding hydrogens is 388 g/mol. The minimum atomic E-state index is -2.25. The average molecular weight is 429 g/mol. The van der Waals surface area contributed by atoms with Crippen LogP contribution in [0.2, 0.25) is 18.1 Å². The van der Waals surface area contributed by atoms with Gasteiger partial charge in [0.2, 0.25) is 11.8 Å². The van der Waals surface area contributed by atoms with Crippen LogP contribution in [0.1, 0.15) is 55.4 Å². The number of rotatable bonds is 8. The molecule has 0 amide bonds. The zero-order valence-electron chi connectivity index (χ0n) is 19.9. The summed E-state index contributed by atoms with van der Waals surface area (Å²) in [6.45, 7) is 21.6. The molecule has 2 atom stereocenters. The molecule has 1 rings (SSSR count). The number of ether oxygens (including phenoxy) is 3. The van der Waals surface area contributed by atoms with Crippen LogP contribution in [0.3, 0.4) is 0 Å². The Labute approximate surface area is 177 Å². The van der Waals surface area contributed by atoms with Crippen molar-refractivity contribution in [3.63, 3.8) is 0 Å². The molecular formula is C21H40N2O5Si. The summed E-state index contributed by atoms with van der Waals surface area (Å²) in [5.41, 5.74) is -1.52. The van der Waals surface area contributed by atoms with Crippen molar-refractivity contribution in [1.29, 1.82) is 0 Å². The number of carbonyl (C=O) groups excluding carboxylic acids is 1. The summed E-state index contributed by atoms with van der Waals surface area (Å²) in [6, 6.07) is 0. The lowest BCUT2D eigenvalue weighted by molar-refractivity contribution is -0.151. The molecule has 1 heterocycles. The molecule has 8 heteroatoms. The predicted octanol–water partition coefficient (Wildman–Crippen LogP) is 4.22. The SMILES string of the molecule is CCOC(=O)[C@]1([C@H](O[Si](C)(C)C(C)(C)C)C(C)C)N=C(OCC)CN=C1OCC. The third-order valence-electron chi connectivity index (χ3n) is 5.41. The van der Waals surface area contributed by atoms with E-state index >= 15 is 0 Å². The Kier molecular flexibility index (Phi) is 8.89. The summed E-state index contributed by atoms with van der Waals surface area (Å²) in [7, 11) is -2.25. The van der Waals surface area contributed by atoms with Crippen molar-refractivity contribution >= 4 is 26.1 Å². The molecule has 0 saturated heterocycles. The fourth-order valence-corrected chi connectivity index (χ4v) is 4.38. The molecule has 0 fully saturated rings. The quantitative estimate of drug-likeness (QED) is 0.427. The first-order valence-electron chi connectivity index (χ1n) is 10.6. The summed E-state index contributed by atoms with van der Waals surface area (Å²) >= 11 is 0. The van der Waals surface area contributed by atoms with Crippen molar-refractivity contribution in [2.75, 3.05) is 26.4 Å². The molecule has 0 saturated carbocycles. The van der Waals surface area contributed by atoms with Gasteiger partial charge in [0.25, 0.3) is 5.54 Å². The van der Waals surface area contributed by atoms with Crippen LogP contribution in [0.4, 0.5) is 0 Å². The summed E-state index contributed by atoms with van der Waals surface area (Å²) in [6.07, 6.45) is -0.594. The van der Waals surface area contributed by atoms with Crippen LogP contribution in [0.25, 0.3) is 0 Å². The number of hydrogen-bond acceptors (Lipinski definition) is 7. The third kappa shape index (κ3) is 5.60. The Hall–Kier alpha value is -1.41. The van der Waals surface area contributed by atoms with E-state index in [0.717, 1.165) is 0 Å². The highest BCUT2D eigenvalue weighted by molar-refractivity contribution is 6.74. The van der Waals surface area contributed by atoms with E-state index in [1.807, 2.05) is 27.7 Å². The minimum Gasteiger partial charge on any atom is -0.480 e. The number of nitrogens with zero attached hydrogens (tertiary/aromatic N) is 2. The molecule has 29 heavy (non-hydrogen) atoms. The maximum Gasteiger partial charge on any atom is 0.346 e. The van der Waals surface area contributed by atoms with Gasteiger partial charge >= 0.3 is 5.97 Å².